The number of ketones is 1. The Labute approximate surface area is 145 Å². The van der Waals surface area contributed by atoms with Crippen molar-refractivity contribution in [3.8, 4) is 0 Å². The van der Waals surface area contributed by atoms with Crippen LogP contribution in [-0.2, 0) is 20.9 Å². The van der Waals surface area contributed by atoms with Gasteiger partial charge in [0.05, 0.1) is 30.6 Å². The number of hydrogen-bond acceptors (Lipinski definition) is 5. The molecule has 3 aliphatic rings. The van der Waals surface area contributed by atoms with Crippen LogP contribution in [0.3, 0.4) is 0 Å². The predicted octanol–water partition coefficient (Wildman–Crippen LogP) is 0.509. The Morgan fingerprint density at radius 3 is 2.36 bits per heavy atom. The highest BCUT2D eigenvalue weighted by molar-refractivity contribution is 6.06. The minimum Gasteiger partial charge on any atom is -0.390 e. The van der Waals surface area contributed by atoms with Gasteiger partial charge in [-0.25, -0.2) is 0 Å². The maximum Gasteiger partial charge on any atom is 0.233 e. The Hall–Kier alpha value is -2.05. The van der Waals surface area contributed by atoms with E-state index >= 15 is 0 Å². The van der Waals surface area contributed by atoms with Gasteiger partial charge in [0.15, 0.2) is 0 Å². The van der Waals surface area contributed by atoms with Crippen molar-refractivity contribution in [3.05, 3.63) is 35.9 Å². The highest BCUT2D eigenvalue weighted by atomic mass is 16.3. The molecule has 2 aliphatic carbocycles. The van der Waals surface area contributed by atoms with Gasteiger partial charge in [-0.1, -0.05) is 30.3 Å². The predicted molar refractivity (Wildman–Crippen MR) is 86.8 cm³/mol. The summed E-state index contributed by atoms with van der Waals surface area (Å²) in [5.41, 5.74) is 0.861. The molecule has 2 N–H and O–H groups in total. The summed E-state index contributed by atoms with van der Waals surface area (Å²) in [5, 5.41) is 20.4. The zero-order valence-electron chi connectivity index (χ0n) is 13.7. The minimum atomic E-state index is -1.15. The lowest BCUT2D eigenvalue weighted by Gasteiger charge is -2.44. The van der Waals surface area contributed by atoms with Crippen molar-refractivity contribution in [1.82, 2.24) is 4.90 Å². The third-order valence-corrected chi connectivity index (χ3v) is 6.03. The van der Waals surface area contributed by atoms with E-state index in [-0.39, 0.29) is 30.6 Å². The number of fused-ring (bicyclic) bond motifs is 3. The standard InChI is InChI=1S/C19H21NO5/c21-13-8-14(22)17(23)15-11(13)6-7-12-16(15)19(25)20(18(12)24)9-10-4-2-1-3-5-10/h1-5,11-12,14-17,22-23H,6-9H2/t11-,12+,14+,15-,16+,17+/m0/s1. The first-order valence-electron chi connectivity index (χ1n) is 8.77. The van der Waals surface area contributed by atoms with E-state index in [1.807, 2.05) is 30.3 Å². The number of imide groups is 1. The molecule has 0 bridgehead atoms. The van der Waals surface area contributed by atoms with Crippen molar-refractivity contribution >= 4 is 17.6 Å². The van der Waals surface area contributed by atoms with E-state index in [0.717, 1.165) is 5.56 Å². The van der Waals surface area contributed by atoms with Gasteiger partial charge in [0.1, 0.15) is 5.78 Å². The van der Waals surface area contributed by atoms with Crippen molar-refractivity contribution in [2.75, 3.05) is 0 Å². The number of hydrogen-bond donors (Lipinski definition) is 2. The zero-order valence-corrected chi connectivity index (χ0v) is 13.7. The topological polar surface area (TPSA) is 94.9 Å². The number of likely N-dealkylation sites (tertiary alicyclic amines) is 1. The molecule has 1 aromatic rings. The first-order valence-corrected chi connectivity index (χ1v) is 8.77. The third kappa shape index (κ3) is 2.51. The number of rotatable bonds is 2. The van der Waals surface area contributed by atoms with Crippen molar-refractivity contribution < 1.29 is 24.6 Å². The lowest BCUT2D eigenvalue weighted by atomic mass is 9.60. The van der Waals surface area contributed by atoms with E-state index in [9.17, 15) is 24.6 Å². The molecule has 6 atom stereocenters. The largest absolute Gasteiger partial charge is 0.390 e. The van der Waals surface area contributed by atoms with Crippen LogP contribution < -0.4 is 0 Å². The average Bonchev–Trinajstić information content (AvgIpc) is 2.85. The Bertz CT molecular complexity index is 718. The molecular weight excluding hydrogens is 322 g/mol. The fourth-order valence-corrected chi connectivity index (χ4v) is 4.83. The smallest absolute Gasteiger partial charge is 0.233 e. The maximum absolute atomic E-state index is 13.0. The van der Waals surface area contributed by atoms with Gasteiger partial charge in [0.2, 0.25) is 11.8 Å². The van der Waals surface area contributed by atoms with E-state index in [1.54, 1.807) is 0 Å². The van der Waals surface area contributed by atoms with Gasteiger partial charge in [-0.15, -0.1) is 0 Å². The van der Waals surface area contributed by atoms with Crippen molar-refractivity contribution in [1.29, 1.82) is 0 Å². The number of aliphatic hydroxyl groups is 2. The fraction of sp³-hybridized carbons (Fsp3) is 0.526. The molecule has 0 unspecified atom stereocenters. The molecule has 25 heavy (non-hydrogen) atoms. The molecular formula is C19H21NO5. The maximum atomic E-state index is 13.0. The summed E-state index contributed by atoms with van der Waals surface area (Å²) in [6.45, 7) is 0.204. The first-order chi connectivity index (χ1) is 12.0. The second kappa shape index (κ2) is 6.04. The summed E-state index contributed by atoms with van der Waals surface area (Å²) in [7, 11) is 0. The number of benzene rings is 1. The van der Waals surface area contributed by atoms with Crippen LogP contribution in [0.4, 0.5) is 0 Å². The Kier molecular flexibility index (Phi) is 3.96. The molecule has 1 aliphatic heterocycles. The van der Waals surface area contributed by atoms with Crippen LogP contribution in [0.15, 0.2) is 30.3 Å². The Balaban J connectivity index is 1.64. The van der Waals surface area contributed by atoms with Gasteiger partial charge < -0.3 is 10.2 Å². The van der Waals surface area contributed by atoms with Crippen molar-refractivity contribution in [2.24, 2.45) is 23.7 Å². The van der Waals surface area contributed by atoms with Gasteiger partial charge >= 0.3 is 0 Å². The number of carbonyl (C=O) groups is 3. The lowest BCUT2D eigenvalue weighted by molar-refractivity contribution is -0.156. The SMILES string of the molecule is O=C1C[C@@H](O)[C@@H](O)[C@@H]2[C@@H]3C(=O)N(Cc4ccccc4)C(=O)[C@@H]3CC[C@@H]12. The number of Topliss-reactive ketones (excluding diaryl/α,β-unsaturated/α-hetero) is 1. The van der Waals surface area contributed by atoms with Crippen LogP contribution in [0.1, 0.15) is 24.8 Å². The molecule has 1 saturated heterocycles. The van der Waals surface area contributed by atoms with Crippen LogP contribution in [0.2, 0.25) is 0 Å². The molecule has 2 amide bonds. The van der Waals surface area contributed by atoms with Gasteiger partial charge in [0, 0.05) is 18.3 Å². The molecule has 2 saturated carbocycles. The normalized spacial score (nSPS) is 37.8. The quantitative estimate of drug-likeness (QED) is 0.763. The Morgan fingerprint density at radius 1 is 0.960 bits per heavy atom. The number of nitrogens with zero attached hydrogens (tertiary/aromatic N) is 1. The second-order valence-electron chi connectivity index (χ2n) is 7.37. The average molecular weight is 343 g/mol. The van der Waals surface area contributed by atoms with Crippen LogP contribution in [0.25, 0.3) is 0 Å². The van der Waals surface area contributed by atoms with Crippen molar-refractivity contribution in [3.63, 3.8) is 0 Å². The van der Waals surface area contributed by atoms with E-state index in [0.29, 0.717) is 12.8 Å². The monoisotopic (exact) mass is 343 g/mol. The number of amides is 2. The van der Waals surface area contributed by atoms with Gasteiger partial charge in [-0.2, -0.15) is 0 Å². The van der Waals surface area contributed by atoms with Crippen LogP contribution in [0.5, 0.6) is 0 Å². The molecule has 132 valence electrons. The summed E-state index contributed by atoms with van der Waals surface area (Å²) < 4.78 is 0. The van der Waals surface area contributed by atoms with Crippen LogP contribution in [0, 0.1) is 23.7 Å². The van der Waals surface area contributed by atoms with E-state index in [2.05, 4.69) is 0 Å². The van der Waals surface area contributed by atoms with Gasteiger partial charge in [0.25, 0.3) is 0 Å². The molecule has 6 heteroatoms. The molecule has 0 spiro atoms. The minimum absolute atomic E-state index is 0.0738. The lowest BCUT2D eigenvalue weighted by Crippen LogP contribution is -2.54. The van der Waals surface area contributed by atoms with Gasteiger partial charge in [-0.05, 0) is 18.4 Å². The van der Waals surface area contributed by atoms with Gasteiger partial charge in [-0.3, -0.25) is 19.3 Å². The zero-order chi connectivity index (χ0) is 17.7. The van der Waals surface area contributed by atoms with Crippen molar-refractivity contribution in [2.45, 2.75) is 38.0 Å². The Morgan fingerprint density at radius 2 is 1.64 bits per heavy atom. The molecule has 6 nitrogen and oxygen atoms in total. The molecule has 3 fully saturated rings. The number of aliphatic hydroxyl groups excluding tert-OH is 2. The van der Waals surface area contributed by atoms with E-state index in [4.69, 9.17) is 0 Å². The highest BCUT2D eigenvalue weighted by Gasteiger charge is 2.59. The molecule has 1 heterocycles. The van der Waals surface area contributed by atoms with E-state index in [1.165, 1.54) is 4.90 Å². The van der Waals surface area contributed by atoms with E-state index < -0.39 is 35.9 Å². The summed E-state index contributed by atoms with van der Waals surface area (Å²) in [5.74, 6) is -2.95. The molecule has 0 aromatic heterocycles. The second-order valence-corrected chi connectivity index (χ2v) is 7.37. The first kappa shape index (κ1) is 16.4. The summed E-state index contributed by atoms with van der Waals surface area (Å²) in [4.78, 5) is 39.3. The molecule has 1 aromatic carbocycles. The molecule has 4 rings (SSSR count). The van der Waals surface area contributed by atoms with Crippen LogP contribution >= 0.6 is 0 Å². The number of carbonyl (C=O) groups excluding carboxylic acids is 3. The van der Waals surface area contributed by atoms with Crippen LogP contribution in [-0.4, -0.2) is 44.9 Å². The highest BCUT2D eigenvalue weighted by Crippen LogP contribution is 2.49. The fourth-order valence-electron chi connectivity index (χ4n) is 4.83. The summed E-state index contributed by atoms with van der Waals surface area (Å²) in [6.07, 6.45) is -1.39. The summed E-state index contributed by atoms with van der Waals surface area (Å²) in [6, 6.07) is 9.28. The summed E-state index contributed by atoms with van der Waals surface area (Å²) >= 11 is 0. The molecule has 0 radical (unpaired) electrons. The third-order valence-electron chi connectivity index (χ3n) is 6.03.